The lowest BCUT2D eigenvalue weighted by Gasteiger charge is -2.16. The molecule has 2 aromatic rings. The van der Waals surface area contributed by atoms with Crippen molar-refractivity contribution in [2.45, 2.75) is 32.7 Å². The van der Waals surface area contributed by atoms with Gasteiger partial charge >= 0.3 is 5.97 Å². The summed E-state index contributed by atoms with van der Waals surface area (Å²) in [6, 6.07) is 8.73. The summed E-state index contributed by atoms with van der Waals surface area (Å²) in [7, 11) is 1.93. The molecule has 0 amide bonds. The van der Waals surface area contributed by atoms with Crippen molar-refractivity contribution >= 4 is 5.97 Å². The Morgan fingerprint density at radius 3 is 2.48 bits per heavy atom. The number of hydrogen-bond acceptors (Lipinski definition) is 3. The van der Waals surface area contributed by atoms with Crippen LogP contribution in [0.25, 0.3) is 0 Å². The van der Waals surface area contributed by atoms with Gasteiger partial charge in [-0.25, -0.2) is 4.98 Å². The Labute approximate surface area is 149 Å². The molecule has 0 spiro atoms. The van der Waals surface area contributed by atoms with Crippen LogP contribution in [-0.4, -0.2) is 38.6 Å². The SMILES string of the molecule is CC(C)Cc1ccc(CN2C[C@H](C(=O)O)[C@@H](c3cncn3C)C2)cc1. The molecule has 1 aromatic heterocycles. The van der Waals surface area contributed by atoms with Crippen LogP contribution in [0.15, 0.2) is 36.8 Å². The minimum absolute atomic E-state index is 0.00906. The van der Waals surface area contributed by atoms with Gasteiger partial charge in [0.1, 0.15) is 0 Å². The van der Waals surface area contributed by atoms with Crippen LogP contribution in [0.4, 0.5) is 0 Å². The summed E-state index contributed by atoms with van der Waals surface area (Å²) in [6.45, 7) is 6.58. The van der Waals surface area contributed by atoms with E-state index in [0.717, 1.165) is 25.2 Å². The molecular weight excluding hydrogens is 314 g/mol. The lowest BCUT2D eigenvalue weighted by atomic mass is 9.93. The Kier molecular flexibility index (Phi) is 5.23. The van der Waals surface area contributed by atoms with Crippen molar-refractivity contribution in [1.82, 2.24) is 14.5 Å². The van der Waals surface area contributed by atoms with E-state index in [1.807, 2.05) is 11.6 Å². The van der Waals surface area contributed by atoms with Crippen molar-refractivity contribution < 1.29 is 9.90 Å². The van der Waals surface area contributed by atoms with E-state index in [9.17, 15) is 9.90 Å². The molecule has 0 radical (unpaired) electrons. The van der Waals surface area contributed by atoms with Crippen molar-refractivity contribution in [2.75, 3.05) is 13.1 Å². The van der Waals surface area contributed by atoms with Crippen molar-refractivity contribution in [2.24, 2.45) is 18.9 Å². The first-order chi connectivity index (χ1) is 11.9. The van der Waals surface area contributed by atoms with Crippen LogP contribution in [0.2, 0.25) is 0 Å². The fraction of sp³-hybridized carbons (Fsp3) is 0.500. The molecule has 5 heteroatoms. The molecule has 134 valence electrons. The number of likely N-dealkylation sites (tertiary alicyclic amines) is 1. The zero-order chi connectivity index (χ0) is 18.0. The van der Waals surface area contributed by atoms with E-state index in [4.69, 9.17) is 0 Å². The number of benzene rings is 1. The van der Waals surface area contributed by atoms with Crippen molar-refractivity contribution in [3.8, 4) is 0 Å². The average molecular weight is 341 g/mol. The van der Waals surface area contributed by atoms with Crippen molar-refractivity contribution in [1.29, 1.82) is 0 Å². The predicted octanol–water partition coefficient (Wildman–Crippen LogP) is 2.92. The van der Waals surface area contributed by atoms with Crippen LogP contribution in [0.5, 0.6) is 0 Å². The molecule has 1 aliphatic heterocycles. The minimum Gasteiger partial charge on any atom is -0.481 e. The van der Waals surface area contributed by atoms with E-state index in [0.29, 0.717) is 12.5 Å². The summed E-state index contributed by atoms with van der Waals surface area (Å²) in [6.07, 6.45) is 4.63. The molecule has 5 nitrogen and oxygen atoms in total. The van der Waals surface area contributed by atoms with Gasteiger partial charge in [-0.05, 0) is 23.5 Å². The second kappa shape index (κ2) is 7.40. The lowest BCUT2D eigenvalue weighted by molar-refractivity contribution is -0.141. The molecule has 0 unspecified atom stereocenters. The number of nitrogens with zero attached hydrogens (tertiary/aromatic N) is 3. The van der Waals surface area contributed by atoms with Crippen molar-refractivity contribution in [3.63, 3.8) is 0 Å². The van der Waals surface area contributed by atoms with Crippen molar-refractivity contribution in [3.05, 3.63) is 53.6 Å². The number of carbonyl (C=O) groups is 1. The lowest BCUT2D eigenvalue weighted by Crippen LogP contribution is -2.23. The van der Waals surface area contributed by atoms with Gasteiger partial charge < -0.3 is 9.67 Å². The number of hydrogen-bond donors (Lipinski definition) is 1. The monoisotopic (exact) mass is 341 g/mol. The maximum Gasteiger partial charge on any atom is 0.308 e. The fourth-order valence-corrected chi connectivity index (χ4v) is 3.80. The third-order valence-corrected chi connectivity index (χ3v) is 5.02. The van der Waals surface area contributed by atoms with E-state index >= 15 is 0 Å². The number of rotatable bonds is 6. The highest BCUT2D eigenvalue weighted by atomic mass is 16.4. The third kappa shape index (κ3) is 4.10. The average Bonchev–Trinajstić information content (AvgIpc) is 3.14. The van der Waals surface area contributed by atoms with Gasteiger partial charge in [0.25, 0.3) is 0 Å². The number of aromatic nitrogens is 2. The Morgan fingerprint density at radius 1 is 1.24 bits per heavy atom. The maximum absolute atomic E-state index is 11.7. The fourth-order valence-electron chi connectivity index (χ4n) is 3.80. The molecular formula is C20H27N3O2. The summed E-state index contributed by atoms with van der Waals surface area (Å²) in [4.78, 5) is 18.1. The number of imidazole rings is 1. The summed E-state index contributed by atoms with van der Waals surface area (Å²) in [5.74, 6) is -0.456. The van der Waals surface area contributed by atoms with E-state index < -0.39 is 5.97 Å². The maximum atomic E-state index is 11.7. The van der Waals surface area contributed by atoms with Gasteiger partial charge in [0.15, 0.2) is 0 Å². The normalized spacial score (nSPS) is 21.1. The molecule has 2 heterocycles. The first kappa shape index (κ1) is 17.7. The highest BCUT2D eigenvalue weighted by molar-refractivity contribution is 5.72. The Balaban J connectivity index is 1.69. The molecule has 1 aliphatic rings. The van der Waals surface area contributed by atoms with Crippen LogP contribution < -0.4 is 0 Å². The standard InChI is InChI=1S/C20H27N3O2/c1-14(2)8-15-4-6-16(7-5-15)10-23-11-17(18(12-23)20(24)25)19-9-21-13-22(19)3/h4-7,9,13-14,17-18H,8,10-12H2,1-3H3,(H,24,25)/t17-,18-/m0/s1. The molecule has 3 rings (SSSR count). The molecule has 1 fully saturated rings. The summed E-state index contributed by atoms with van der Waals surface area (Å²) < 4.78 is 1.94. The quantitative estimate of drug-likeness (QED) is 0.878. The van der Waals surface area contributed by atoms with E-state index in [2.05, 4.69) is 48.0 Å². The van der Waals surface area contributed by atoms with E-state index in [1.165, 1.54) is 11.1 Å². The highest BCUT2D eigenvalue weighted by Crippen LogP contribution is 2.33. The first-order valence-corrected chi connectivity index (χ1v) is 8.93. The second-order valence-corrected chi connectivity index (χ2v) is 7.59. The molecule has 2 atom stereocenters. The Morgan fingerprint density at radius 2 is 1.92 bits per heavy atom. The zero-order valence-electron chi connectivity index (χ0n) is 15.2. The summed E-state index contributed by atoms with van der Waals surface area (Å²) in [5, 5.41) is 9.62. The van der Waals surface area contributed by atoms with Gasteiger partial charge in [-0.1, -0.05) is 38.1 Å². The first-order valence-electron chi connectivity index (χ1n) is 8.93. The van der Waals surface area contributed by atoms with E-state index in [-0.39, 0.29) is 11.8 Å². The number of carboxylic acids is 1. The van der Waals surface area contributed by atoms with Gasteiger partial charge in [-0.2, -0.15) is 0 Å². The minimum atomic E-state index is -0.721. The van der Waals surface area contributed by atoms with Gasteiger partial charge in [-0.3, -0.25) is 9.69 Å². The van der Waals surface area contributed by atoms with Crippen LogP contribution in [0.3, 0.4) is 0 Å². The van der Waals surface area contributed by atoms with Crippen LogP contribution >= 0.6 is 0 Å². The van der Waals surface area contributed by atoms with Crippen LogP contribution in [0.1, 0.15) is 36.6 Å². The summed E-state index contributed by atoms with van der Waals surface area (Å²) >= 11 is 0. The number of aryl methyl sites for hydroxylation is 1. The van der Waals surface area contributed by atoms with Gasteiger partial charge in [0.05, 0.1) is 12.2 Å². The molecule has 0 saturated carbocycles. The molecule has 1 saturated heterocycles. The summed E-state index contributed by atoms with van der Waals surface area (Å²) in [5.41, 5.74) is 3.60. The number of carboxylic acid groups (broad SMARTS) is 1. The Bertz CT molecular complexity index is 721. The molecule has 0 bridgehead atoms. The Hall–Kier alpha value is -2.14. The highest BCUT2D eigenvalue weighted by Gasteiger charge is 2.39. The van der Waals surface area contributed by atoms with Crippen LogP contribution in [0, 0.1) is 11.8 Å². The topological polar surface area (TPSA) is 58.4 Å². The molecule has 1 aromatic carbocycles. The van der Waals surface area contributed by atoms with Gasteiger partial charge in [0, 0.05) is 44.5 Å². The van der Waals surface area contributed by atoms with Crippen LogP contribution in [-0.2, 0) is 24.8 Å². The third-order valence-electron chi connectivity index (χ3n) is 5.02. The smallest absolute Gasteiger partial charge is 0.308 e. The zero-order valence-corrected chi connectivity index (χ0v) is 15.2. The van der Waals surface area contributed by atoms with E-state index in [1.54, 1.807) is 12.5 Å². The molecule has 1 N–H and O–H groups in total. The van der Waals surface area contributed by atoms with Gasteiger partial charge in [0.2, 0.25) is 0 Å². The predicted molar refractivity (Wildman–Crippen MR) is 97.3 cm³/mol. The molecule has 0 aliphatic carbocycles. The number of aliphatic carboxylic acids is 1. The second-order valence-electron chi connectivity index (χ2n) is 7.59. The molecule has 25 heavy (non-hydrogen) atoms. The van der Waals surface area contributed by atoms with Gasteiger partial charge in [-0.15, -0.1) is 0 Å². The largest absolute Gasteiger partial charge is 0.481 e.